The van der Waals surface area contributed by atoms with E-state index >= 15 is 0 Å². The second-order valence-corrected chi connectivity index (χ2v) is 8.80. The Hall–Kier alpha value is -1.19. The molecule has 112 valence electrons. The van der Waals surface area contributed by atoms with Crippen molar-refractivity contribution in [2.75, 3.05) is 23.8 Å². The smallest absolute Gasteiger partial charge is 0.244 e. The van der Waals surface area contributed by atoms with Gasteiger partial charge in [0.1, 0.15) is 10.7 Å². The lowest BCUT2D eigenvalue weighted by Gasteiger charge is -2.25. The van der Waals surface area contributed by atoms with Crippen LogP contribution >= 0.6 is 0 Å². The van der Waals surface area contributed by atoms with Crippen molar-refractivity contribution in [3.05, 3.63) is 18.3 Å². The maximum Gasteiger partial charge on any atom is 0.244 e. The Morgan fingerprint density at radius 1 is 1.45 bits per heavy atom. The van der Waals surface area contributed by atoms with Crippen molar-refractivity contribution in [2.24, 2.45) is 0 Å². The molecule has 2 N–H and O–H groups in total. The number of nitrogens with zero attached hydrogens (tertiary/aromatic N) is 2. The van der Waals surface area contributed by atoms with Crippen LogP contribution in [0.4, 0.5) is 5.82 Å². The molecule has 0 aliphatic carbocycles. The minimum absolute atomic E-state index is 0.0258. The molecule has 2 heterocycles. The zero-order valence-electron chi connectivity index (χ0n) is 11.1. The quantitative estimate of drug-likeness (QED) is 0.827. The first-order valence-corrected chi connectivity index (χ1v) is 9.46. The summed E-state index contributed by atoms with van der Waals surface area (Å²) in [5.74, 6) is 0.141. The number of nitrogen functional groups attached to an aromatic ring is 1. The zero-order valence-corrected chi connectivity index (χ0v) is 12.7. The fourth-order valence-electron chi connectivity index (χ4n) is 2.31. The molecule has 1 atom stereocenters. The van der Waals surface area contributed by atoms with Gasteiger partial charge in [-0.3, -0.25) is 0 Å². The molecular weight excluding hydrogens is 302 g/mol. The molecule has 9 heteroatoms. The lowest BCUT2D eigenvalue weighted by Crippen LogP contribution is -2.40. The third-order valence-electron chi connectivity index (χ3n) is 3.29. The Kier molecular flexibility index (Phi) is 4.03. The third kappa shape index (κ3) is 2.94. The fraction of sp³-hybridized carbons (Fsp3) is 0.545. The average Bonchev–Trinajstić information content (AvgIpc) is 2.70. The van der Waals surface area contributed by atoms with Crippen molar-refractivity contribution in [1.29, 1.82) is 0 Å². The van der Waals surface area contributed by atoms with Gasteiger partial charge >= 0.3 is 0 Å². The van der Waals surface area contributed by atoms with E-state index in [1.807, 2.05) is 0 Å². The predicted octanol–water partition coefficient (Wildman–Crippen LogP) is -0.138. The predicted molar refractivity (Wildman–Crippen MR) is 75.3 cm³/mol. The van der Waals surface area contributed by atoms with E-state index in [2.05, 4.69) is 4.98 Å². The van der Waals surface area contributed by atoms with Gasteiger partial charge in [-0.25, -0.2) is 21.8 Å². The van der Waals surface area contributed by atoms with Gasteiger partial charge in [-0.05, 0) is 18.6 Å². The number of hydrogen-bond acceptors (Lipinski definition) is 6. The molecule has 0 aromatic carbocycles. The van der Waals surface area contributed by atoms with Crippen molar-refractivity contribution >= 4 is 25.7 Å². The second-order valence-electron chi connectivity index (χ2n) is 4.68. The van der Waals surface area contributed by atoms with Crippen molar-refractivity contribution in [3.8, 4) is 0 Å². The molecule has 0 radical (unpaired) electrons. The maximum absolute atomic E-state index is 12.5. The normalized spacial score (nSPS) is 22.2. The van der Waals surface area contributed by atoms with Crippen LogP contribution in [0.2, 0.25) is 0 Å². The Balaban J connectivity index is 2.33. The van der Waals surface area contributed by atoms with Gasteiger partial charge in [0.25, 0.3) is 0 Å². The van der Waals surface area contributed by atoms with Crippen LogP contribution in [0.3, 0.4) is 0 Å². The minimum atomic E-state index is -3.75. The van der Waals surface area contributed by atoms with Crippen LogP contribution in [0.5, 0.6) is 0 Å². The van der Waals surface area contributed by atoms with Gasteiger partial charge in [0.05, 0.1) is 11.5 Å². The molecule has 20 heavy (non-hydrogen) atoms. The van der Waals surface area contributed by atoms with E-state index < -0.39 is 25.9 Å². The Bertz CT molecular complexity index is 683. The molecule has 0 bridgehead atoms. The molecule has 0 spiro atoms. The highest BCUT2D eigenvalue weighted by Crippen LogP contribution is 2.24. The van der Waals surface area contributed by atoms with Gasteiger partial charge < -0.3 is 5.73 Å². The number of aromatic nitrogens is 1. The standard InChI is InChI=1S/C11H17N3O4S2/c1-2-14(9-5-6-19(15,16)8-9)20(17,18)10-3-4-11(12)13-7-10/h3-4,7,9H,2,5-6,8H2,1H3,(H2,12,13). The molecule has 1 saturated heterocycles. The van der Waals surface area contributed by atoms with Gasteiger partial charge in [-0.15, -0.1) is 0 Å². The number of pyridine rings is 1. The summed E-state index contributed by atoms with van der Waals surface area (Å²) < 4.78 is 49.3. The Morgan fingerprint density at radius 2 is 2.15 bits per heavy atom. The van der Waals surface area contributed by atoms with Gasteiger partial charge in [0.15, 0.2) is 9.84 Å². The summed E-state index contributed by atoms with van der Waals surface area (Å²) in [5, 5.41) is 0. The topological polar surface area (TPSA) is 110 Å². The summed E-state index contributed by atoms with van der Waals surface area (Å²) in [5.41, 5.74) is 5.44. The zero-order chi connectivity index (χ0) is 15.0. The van der Waals surface area contributed by atoms with Crippen LogP contribution in [0.15, 0.2) is 23.2 Å². The number of sulfonamides is 1. The number of rotatable bonds is 4. The third-order valence-corrected chi connectivity index (χ3v) is 7.05. The van der Waals surface area contributed by atoms with Crippen LogP contribution in [0.1, 0.15) is 13.3 Å². The van der Waals surface area contributed by atoms with Gasteiger partial charge in [-0.1, -0.05) is 6.92 Å². The molecule has 1 aromatic rings. The molecule has 1 aliphatic heterocycles. The molecule has 1 aromatic heterocycles. The number of sulfone groups is 1. The summed E-state index contributed by atoms with van der Waals surface area (Å²) >= 11 is 0. The average molecular weight is 319 g/mol. The fourth-order valence-corrected chi connectivity index (χ4v) is 5.74. The highest BCUT2D eigenvalue weighted by atomic mass is 32.2. The van der Waals surface area contributed by atoms with E-state index in [9.17, 15) is 16.8 Å². The summed E-state index contributed by atoms with van der Waals surface area (Å²) in [6.45, 7) is 1.90. The molecule has 1 aliphatic rings. The molecule has 1 fully saturated rings. The summed E-state index contributed by atoms with van der Waals surface area (Å²) in [4.78, 5) is 3.80. The van der Waals surface area contributed by atoms with Crippen molar-refractivity contribution in [2.45, 2.75) is 24.3 Å². The lowest BCUT2D eigenvalue weighted by atomic mass is 10.3. The number of hydrogen-bond donors (Lipinski definition) is 1. The second kappa shape index (κ2) is 5.30. The van der Waals surface area contributed by atoms with Crippen LogP contribution in [-0.2, 0) is 19.9 Å². The first-order valence-electron chi connectivity index (χ1n) is 6.20. The Morgan fingerprint density at radius 3 is 2.60 bits per heavy atom. The molecule has 1 unspecified atom stereocenters. The van der Waals surface area contributed by atoms with Gasteiger partial charge in [-0.2, -0.15) is 4.31 Å². The van der Waals surface area contributed by atoms with Crippen LogP contribution < -0.4 is 5.73 Å². The largest absolute Gasteiger partial charge is 0.384 e. The highest BCUT2D eigenvalue weighted by molar-refractivity contribution is 7.92. The number of anilines is 1. The number of nitrogens with two attached hydrogens (primary N) is 1. The van der Waals surface area contributed by atoms with Gasteiger partial charge in [0, 0.05) is 18.8 Å². The van der Waals surface area contributed by atoms with E-state index in [1.54, 1.807) is 6.92 Å². The first kappa shape index (κ1) is 15.2. The van der Waals surface area contributed by atoms with Crippen LogP contribution in [-0.4, -0.2) is 50.2 Å². The first-order chi connectivity index (χ1) is 9.26. The van der Waals surface area contributed by atoms with Crippen molar-refractivity contribution in [1.82, 2.24) is 9.29 Å². The minimum Gasteiger partial charge on any atom is -0.384 e. The maximum atomic E-state index is 12.5. The van der Waals surface area contributed by atoms with Crippen molar-refractivity contribution in [3.63, 3.8) is 0 Å². The molecule has 2 rings (SSSR count). The van der Waals surface area contributed by atoms with E-state index in [0.29, 0.717) is 6.42 Å². The monoisotopic (exact) mass is 319 g/mol. The highest BCUT2D eigenvalue weighted by Gasteiger charge is 2.37. The van der Waals surface area contributed by atoms with Crippen LogP contribution in [0, 0.1) is 0 Å². The van der Waals surface area contributed by atoms with Crippen LogP contribution in [0.25, 0.3) is 0 Å². The van der Waals surface area contributed by atoms with Gasteiger partial charge in [0.2, 0.25) is 10.0 Å². The molecule has 7 nitrogen and oxygen atoms in total. The Labute approximate surface area is 118 Å². The lowest BCUT2D eigenvalue weighted by molar-refractivity contribution is 0.354. The van der Waals surface area contributed by atoms with E-state index in [0.717, 1.165) is 0 Å². The molecule has 0 saturated carbocycles. The SMILES string of the molecule is CCN(C1CCS(=O)(=O)C1)S(=O)(=O)c1ccc(N)nc1. The summed E-state index contributed by atoms with van der Waals surface area (Å²) in [6, 6.07) is 2.28. The molecule has 0 amide bonds. The van der Waals surface area contributed by atoms with E-state index in [4.69, 9.17) is 5.73 Å². The van der Waals surface area contributed by atoms with E-state index in [-0.39, 0.29) is 28.8 Å². The molecular formula is C11H17N3O4S2. The van der Waals surface area contributed by atoms with E-state index in [1.165, 1.54) is 22.6 Å². The van der Waals surface area contributed by atoms with Crippen molar-refractivity contribution < 1.29 is 16.8 Å². The summed E-state index contributed by atoms with van der Waals surface area (Å²) in [6.07, 6.45) is 1.52. The summed E-state index contributed by atoms with van der Waals surface area (Å²) in [7, 11) is -6.89.